The van der Waals surface area contributed by atoms with Gasteiger partial charge in [-0.15, -0.1) is 0 Å². The zero-order chi connectivity index (χ0) is 23.9. The van der Waals surface area contributed by atoms with Crippen LogP contribution in [0.5, 0.6) is 0 Å². The molecule has 0 aliphatic carbocycles. The van der Waals surface area contributed by atoms with Crippen LogP contribution in [0.25, 0.3) is 16.7 Å². The van der Waals surface area contributed by atoms with E-state index in [9.17, 15) is 18.4 Å². The Morgan fingerprint density at radius 2 is 1.84 bits per heavy atom. The van der Waals surface area contributed by atoms with Crippen molar-refractivity contribution >= 4 is 39.8 Å². The number of hydrogen-bond acceptors (Lipinski definition) is 5. The summed E-state index contributed by atoms with van der Waals surface area (Å²) in [7, 11) is 0. The summed E-state index contributed by atoms with van der Waals surface area (Å²) in [4.78, 5) is 30.9. The minimum Gasteiger partial charge on any atom is -0.381 e. The lowest BCUT2D eigenvalue weighted by Crippen LogP contribution is -2.45. The van der Waals surface area contributed by atoms with Gasteiger partial charge in [-0.2, -0.15) is 0 Å². The number of ketones is 1. The first-order valence-electron chi connectivity index (χ1n) is 10.4. The normalized spacial score (nSPS) is 13.6. The van der Waals surface area contributed by atoms with E-state index >= 15 is 0 Å². The first-order valence-corrected chi connectivity index (χ1v) is 10.7. The molecular weight excluding hydrogens is 438 g/mol. The van der Waals surface area contributed by atoms with E-state index in [-0.39, 0.29) is 27.3 Å². The summed E-state index contributed by atoms with van der Waals surface area (Å²) in [5.74, 6) is -2.88. The third-order valence-corrected chi connectivity index (χ3v) is 5.68. The topological polar surface area (TPSA) is 81.2 Å². The number of carbonyl (C=O) groups is 1. The number of nitrogens with zero attached hydrogens (tertiary/aromatic N) is 3. The molecule has 2 aromatic heterocycles. The van der Waals surface area contributed by atoms with E-state index in [1.165, 1.54) is 17.7 Å². The third-order valence-electron chi connectivity index (χ3n) is 5.32. The molecule has 3 heterocycles. The Kier molecular flexibility index (Phi) is 6.55. The molecule has 9 heteroatoms. The molecule has 32 heavy (non-hydrogen) atoms. The minimum atomic E-state index is -1.01. The fourth-order valence-corrected chi connectivity index (χ4v) is 4.35. The average molecular weight is 463 g/mol. The predicted octanol–water partition coefficient (Wildman–Crippen LogP) is 4.89. The zero-order valence-corrected chi connectivity index (χ0v) is 19.3. The molecule has 2 N–H and O–H groups in total. The summed E-state index contributed by atoms with van der Waals surface area (Å²) >= 11 is 6.74. The number of aryl methyl sites for hydroxylation is 1. The minimum absolute atomic E-state index is 0.145. The highest BCUT2D eigenvalue weighted by atomic mass is 35.5. The van der Waals surface area contributed by atoms with E-state index in [0.29, 0.717) is 12.0 Å². The van der Waals surface area contributed by atoms with E-state index in [1.807, 2.05) is 20.8 Å². The molecule has 3 aromatic rings. The summed E-state index contributed by atoms with van der Waals surface area (Å²) in [5.41, 5.74) is 6.54. The van der Waals surface area contributed by atoms with E-state index < -0.39 is 28.7 Å². The van der Waals surface area contributed by atoms with Gasteiger partial charge in [-0.1, -0.05) is 32.4 Å². The van der Waals surface area contributed by atoms with Crippen molar-refractivity contribution in [2.24, 2.45) is 5.92 Å². The first-order chi connectivity index (χ1) is 15.1. The van der Waals surface area contributed by atoms with E-state index in [2.05, 4.69) is 16.8 Å². The maximum Gasteiger partial charge on any atom is 0.200 e. The lowest BCUT2D eigenvalue weighted by molar-refractivity contribution is 0.101. The van der Waals surface area contributed by atoms with Gasteiger partial charge in [0.2, 0.25) is 0 Å². The van der Waals surface area contributed by atoms with Crippen LogP contribution in [-0.2, 0) is 0 Å². The number of benzene rings is 1. The second kappa shape index (κ2) is 8.86. The van der Waals surface area contributed by atoms with Crippen LogP contribution in [0.2, 0.25) is 5.02 Å². The van der Waals surface area contributed by atoms with Crippen molar-refractivity contribution < 1.29 is 13.6 Å². The van der Waals surface area contributed by atoms with Gasteiger partial charge in [0.05, 0.1) is 21.8 Å². The number of carbonyl (C=O) groups excluding carboxylic acids is 1. The molecule has 6 nitrogen and oxygen atoms in total. The molecule has 170 valence electrons. The van der Waals surface area contributed by atoms with Crippen molar-refractivity contribution in [3.8, 4) is 5.82 Å². The molecule has 1 fully saturated rings. The number of fused-ring (bicyclic) bond motifs is 1. The Morgan fingerprint density at radius 3 is 2.41 bits per heavy atom. The van der Waals surface area contributed by atoms with E-state index in [4.69, 9.17) is 17.3 Å². The summed E-state index contributed by atoms with van der Waals surface area (Å²) in [6, 6.07) is 2.24. The van der Waals surface area contributed by atoms with Crippen molar-refractivity contribution in [1.82, 2.24) is 9.55 Å². The number of halogens is 3. The van der Waals surface area contributed by atoms with Crippen molar-refractivity contribution in [2.75, 3.05) is 23.7 Å². The van der Waals surface area contributed by atoms with Gasteiger partial charge in [-0.25, -0.2) is 13.8 Å². The molecule has 1 aliphatic heterocycles. The molecule has 0 radical (unpaired) electrons. The van der Waals surface area contributed by atoms with Gasteiger partial charge < -0.3 is 10.6 Å². The standard InChI is InChI=1S/C21H19ClF2N4O2.C2H6/c1-9-6-27(7-9)17-10(2)4-12-18(16(17)22)28(8-13(11(3)29)19(12)30)21-15(24)5-14(23)20(25)26-21;1-2/h4-5,8-9H,6-7H2,1-3H3,(H2,25,26);1-2H3. The van der Waals surface area contributed by atoms with Crippen LogP contribution in [0.4, 0.5) is 20.3 Å². The Labute approximate surface area is 189 Å². The molecule has 0 atom stereocenters. The van der Waals surface area contributed by atoms with Crippen LogP contribution in [-0.4, -0.2) is 28.4 Å². The monoisotopic (exact) mass is 462 g/mol. The number of pyridine rings is 2. The van der Waals surface area contributed by atoms with E-state index in [0.717, 1.165) is 24.3 Å². The van der Waals surface area contributed by atoms with Gasteiger partial charge in [0.15, 0.2) is 34.5 Å². The van der Waals surface area contributed by atoms with Gasteiger partial charge in [0, 0.05) is 30.7 Å². The van der Waals surface area contributed by atoms with Gasteiger partial charge in [0.1, 0.15) is 0 Å². The number of Topliss-reactive ketones (excluding diaryl/α,β-unsaturated/α-hetero) is 1. The van der Waals surface area contributed by atoms with Crippen molar-refractivity contribution in [1.29, 1.82) is 0 Å². The van der Waals surface area contributed by atoms with Crippen molar-refractivity contribution in [3.63, 3.8) is 0 Å². The molecule has 0 bridgehead atoms. The number of aromatic nitrogens is 2. The van der Waals surface area contributed by atoms with Crippen molar-refractivity contribution in [3.05, 3.63) is 56.3 Å². The second-order valence-electron chi connectivity index (χ2n) is 7.72. The largest absolute Gasteiger partial charge is 0.381 e. The Bertz CT molecular complexity index is 1280. The number of nitrogen functional groups attached to an aromatic ring is 1. The molecule has 0 spiro atoms. The summed E-state index contributed by atoms with van der Waals surface area (Å²) in [6.45, 7) is 10.7. The smallest absolute Gasteiger partial charge is 0.200 e. The second-order valence-corrected chi connectivity index (χ2v) is 8.10. The maximum absolute atomic E-state index is 14.7. The molecule has 1 saturated heterocycles. The van der Waals surface area contributed by atoms with Crippen LogP contribution in [0, 0.1) is 24.5 Å². The zero-order valence-electron chi connectivity index (χ0n) is 18.6. The molecule has 0 saturated carbocycles. The summed E-state index contributed by atoms with van der Waals surface area (Å²) < 4.78 is 29.6. The first kappa shape index (κ1) is 23.7. The molecule has 0 amide bonds. The Balaban J connectivity index is 0.00000141. The third kappa shape index (κ3) is 3.83. The highest BCUT2D eigenvalue weighted by molar-refractivity contribution is 6.38. The van der Waals surface area contributed by atoms with E-state index in [1.54, 1.807) is 6.07 Å². The molecule has 1 aliphatic rings. The van der Waals surface area contributed by atoms with Crippen LogP contribution >= 0.6 is 11.6 Å². The lowest BCUT2D eigenvalue weighted by atomic mass is 9.98. The average Bonchev–Trinajstić information content (AvgIpc) is 2.71. The van der Waals surface area contributed by atoms with Gasteiger partial charge in [0.25, 0.3) is 0 Å². The van der Waals surface area contributed by atoms with Crippen LogP contribution < -0.4 is 16.1 Å². The summed E-state index contributed by atoms with van der Waals surface area (Å²) in [5, 5.41) is 0.375. The van der Waals surface area contributed by atoms with Crippen LogP contribution in [0.1, 0.15) is 43.6 Å². The maximum atomic E-state index is 14.7. The van der Waals surface area contributed by atoms with Gasteiger partial charge >= 0.3 is 0 Å². The van der Waals surface area contributed by atoms with Gasteiger partial charge in [-0.05, 0) is 31.4 Å². The molecule has 1 aromatic carbocycles. The quantitative estimate of drug-likeness (QED) is 0.560. The molecular formula is C23H25ClF2N4O2. The lowest BCUT2D eigenvalue weighted by Gasteiger charge is -2.40. The fourth-order valence-electron chi connectivity index (χ4n) is 3.89. The Morgan fingerprint density at radius 1 is 1.22 bits per heavy atom. The van der Waals surface area contributed by atoms with Gasteiger partial charge in [-0.3, -0.25) is 14.2 Å². The number of nitrogens with two attached hydrogens (primary N) is 1. The van der Waals surface area contributed by atoms with Crippen molar-refractivity contribution in [2.45, 2.75) is 34.6 Å². The summed E-state index contributed by atoms with van der Waals surface area (Å²) in [6.07, 6.45) is 1.18. The van der Waals surface area contributed by atoms with Crippen LogP contribution in [0.3, 0.4) is 0 Å². The number of rotatable bonds is 3. The number of anilines is 2. The van der Waals surface area contributed by atoms with Crippen LogP contribution in [0.15, 0.2) is 23.1 Å². The molecule has 0 unspecified atom stereocenters. The molecule has 4 rings (SSSR count). The fraction of sp³-hybridized carbons (Fsp3) is 0.348. The highest BCUT2D eigenvalue weighted by Crippen LogP contribution is 2.40. The SMILES string of the molecule is CC.CC(=O)c1cn(-c2nc(N)c(F)cc2F)c2c(Cl)c(N3CC(C)C3)c(C)cc2c1=O. The predicted molar refractivity (Wildman–Crippen MR) is 124 cm³/mol. The highest BCUT2D eigenvalue weighted by Gasteiger charge is 2.29. The Hall–Kier alpha value is -3.00. The number of hydrogen-bond donors (Lipinski definition) is 1.